The third-order valence-corrected chi connectivity index (χ3v) is 2.45. The minimum atomic E-state index is 0.267. The summed E-state index contributed by atoms with van der Waals surface area (Å²) in [4.78, 5) is 0. The molecule has 0 aliphatic heterocycles. The minimum Gasteiger partial charge on any atom is -0.307 e. The van der Waals surface area contributed by atoms with Gasteiger partial charge in [0.15, 0.2) is 0 Å². The molecule has 1 aromatic carbocycles. The lowest BCUT2D eigenvalue weighted by molar-refractivity contribution is 0.616. The molecule has 2 heteroatoms. The molecule has 0 aliphatic carbocycles. The number of hydrogen-bond acceptors (Lipinski definition) is 2. The maximum atomic E-state index is 8.81. The van der Waals surface area contributed by atoms with E-state index < -0.39 is 0 Å². The van der Waals surface area contributed by atoms with Crippen LogP contribution in [-0.2, 0) is 0 Å². The maximum absolute atomic E-state index is 8.81. The Bertz CT molecular complexity index is 409. The summed E-state index contributed by atoms with van der Waals surface area (Å²) in [7, 11) is 0. The molecule has 2 nitrogen and oxygen atoms in total. The molecule has 0 heterocycles. The highest BCUT2D eigenvalue weighted by atomic mass is 14.9. The molecule has 1 unspecified atom stereocenters. The molecule has 0 radical (unpaired) electrons. The Morgan fingerprint density at radius 3 is 2.88 bits per heavy atom. The summed E-state index contributed by atoms with van der Waals surface area (Å²) in [6.07, 6.45) is 2.16. The smallest absolute Gasteiger partial charge is 0.0991 e. The number of allylic oxidation sites excluding steroid dienone is 1. The maximum Gasteiger partial charge on any atom is 0.0991 e. The molecule has 0 fully saturated rings. The molecule has 0 saturated carbocycles. The zero-order valence-electron chi connectivity index (χ0n) is 10.1. The first kappa shape index (κ1) is 12.5. The molecule has 0 aliphatic rings. The predicted molar refractivity (Wildman–Crippen MR) is 67.0 cm³/mol. The summed E-state index contributed by atoms with van der Waals surface area (Å²) in [5.74, 6) is 0. The Kier molecular flexibility index (Phi) is 4.75. The van der Waals surface area contributed by atoms with Crippen molar-refractivity contribution in [2.45, 2.75) is 26.8 Å². The zero-order chi connectivity index (χ0) is 12.0. The second kappa shape index (κ2) is 6.09. The van der Waals surface area contributed by atoms with Crippen molar-refractivity contribution in [2.24, 2.45) is 0 Å². The Morgan fingerprint density at radius 1 is 1.50 bits per heavy atom. The number of benzene rings is 1. The quantitative estimate of drug-likeness (QED) is 0.781. The molecule has 0 amide bonds. The molecule has 1 rings (SSSR count). The van der Waals surface area contributed by atoms with Gasteiger partial charge in [-0.2, -0.15) is 5.26 Å². The van der Waals surface area contributed by atoms with Gasteiger partial charge >= 0.3 is 0 Å². The summed E-state index contributed by atoms with van der Waals surface area (Å²) < 4.78 is 0. The summed E-state index contributed by atoms with van der Waals surface area (Å²) in [5.41, 5.74) is 3.18. The molecule has 1 aromatic rings. The molecule has 1 N–H and O–H groups in total. The lowest BCUT2D eigenvalue weighted by Gasteiger charge is -2.13. The summed E-state index contributed by atoms with van der Waals surface area (Å²) in [6, 6.07) is 10.1. The van der Waals surface area contributed by atoms with Gasteiger partial charge < -0.3 is 5.32 Å². The Balaban J connectivity index is 2.62. The van der Waals surface area contributed by atoms with Gasteiger partial charge in [0.25, 0.3) is 0 Å². The van der Waals surface area contributed by atoms with Crippen molar-refractivity contribution in [1.82, 2.24) is 5.32 Å². The first-order valence-electron chi connectivity index (χ1n) is 5.50. The van der Waals surface area contributed by atoms with Crippen LogP contribution in [0, 0.1) is 11.3 Å². The number of rotatable bonds is 4. The molecule has 0 saturated heterocycles. The van der Waals surface area contributed by atoms with Crippen LogP contribution < -0.4 is 5.32 Å². The van der Waals surface area contributed by atoms with E-state index in [4.69, 9.17) is 5.26 Å². The standard InChI is InChI=1S/C14H18N2/c1-11(2)7-8-16-12(3)14-6-4-5-13(9-14)10-15/h4-7,9,12,16H,8H2,1-3H3. The van der Waals surface area contributed by atoms with Crippen molar-refractivity contribution in [1.29, 1.82) is 5.26 Å². The highest BCUT2D eigenvalue weighted by Crippen LogP contribution is 2.13. The van der Waals surface area contributed by atoms with Gasteiger partial charge in [0.05, 0.1) is 11.6 Å². The summed E-state index contributed by atoms with van der Waals surface area (Å²) >= 11 is 0. The van der Waals surface area contributed by atoms with Crippen LogP contribution in [0.4, 0.5) is 0 Å². The van der Waals surface area contributed by atoms with Gasteiger partial charge in [-0.3, -0.25) is 0 Å². The van der Waals surface area contributed by atoms with E-state index in [1.54, 1.807) is 0 Å². The number of nitrogens with one attached hydrogen (secondary N) is 1. The van der Waals surface area contributed by atoms with Gasteiger partial charge in [-0.05, 0) is 38.5 Å². The minimum absolute atomic E-state index is 0.267. The van der Waals surface area contributed by atoms with Crippen LogP contribution >= 0.6 is 0 Å². The van der Waals surface area contributed by atoms with Gasteiger partial charge in [0.1, 0.15) is 0 Å². The van der Waals surface area contributed by atoms with E-state index in [0.717, 1.165) is 12.1 Å². The molecule has 0 spiro atoms. The largest absolute Gasteiger partial charge is 0.307 e. The van der Waals surface area contributed by atoms with Crippen molar-refractivity contribution in [2.75, 3.05) is 6.54 Å². The third kappa shape index (κ3) is 3.88. The van der Waals surface area contributed by atoms with Crippen LogP contribution in [0.5, 0.6) is 0 Å². The fraction of sp³-hybridized carbons (Fsp3) is 0.357. The van der Waals surface area contributed by atoms with E-state index in [9.17, 15) is 0 Å². The van der Waals surface area contributed by atoms with Crippen molar-refractivity contribution < 1.29 is 0 Å². The second-order valence-corrected chi connectivity index (χ2v) is 4.15. The topological polar surface area (TPSA) is 35.8 Å². The first-order chi connectivity index (χ1) is 7.63. The van der Waals surface area contributed by atoms with Crippen LogP contribution in [0.3, 0.4) is 0 Å². The van der Waals surface area contributed by atoms with Gasteiger partial charge in [0, 0.05) is 12.6 Å². The Labute approximate surface area is 97.6 Å². The SMILES string of the molecule is CC(C)=CCNC(C)c1cccc(C#N)c1. The Hall–Kier alpha value is -1.59. The van der Waals surface area contributed by atoms with Gasteiger partial charge in [-0.1, -0.05) is 23.8 Å². The fourth-order valence-electron chi connectivity index (χ4n) is 1.44. The van der Waals surface area contributed by atoms with Crippen molar-refractivity contribution >= 4 is 0 Å². The second-order valence-electron chi connectivity index (χ2n) is 4.15. The average Bonchev–Trinajstić information content (AvgIpc) is 2.28. The van der Waals surface area contributed by atoms with Crippen molar-refractivity contribution in [3.8, 4) is 6.07 Å². The Morgan fingerprint density at radius 2 is 2.25 bits per heavy atom. The molecule has 1 atom stereocenters. The van der Waals surface area contributed by atoms with Crippen LogP contribution in [0.15, 0.2) is 35.9 Å². The third-order valence-electron chi connectivity index (χ3n) is 2.45. The number of nitrogens with zero attached hydrogens (tertiary/aromatic N) is 1. The van der Waals surface area contributed by atoms with E-state index >= 15 is 0 Å². The van der Waals surface area contributed by atoms with Crippen LogP contribution in [0.25, 0.3) is 0 Å². The van der Waals surface area contributed by atoms with Crippen LogP contribution in [0.2, 0.25) is 0 Å². The predicted octanol–water partition coefficient (Wildman–Crippen LogP) is 3.18. The van der Waals surface area contributed by atoms with Gasteiger partial charge in [0.2, 0.25) is 0 Å². The number of nitriles is 1. The molecule has 0 bridgehead atoms. The normalized spacial score (nSPS) is 11.6. The lowest BCUT2D eigenvalue weighted by atomic mass is 10.1. The van der Waals surface area contributed by atoms with E-state index in [0.29, 0.717) is 5.56 Å². The lowest BCUT2D eigenvalue weighted by Crippen LogP contribution is -2.18. The number of hydrogen-bond donors (Lipinski definition) is 1. The van der Waals surface area contributed by atoms with Crippen LogP contribution in [0.1, 0.15) is 37.9 Å². The van der Waals surface area contributed by atoms with E-state index in [1.807, 2.05) is 24.3 Å². The van der Waals surface area contributed by atoms with Crippen LogP contribution in [-0.4, -0.2) is 6.54 Å². The molecular formula is C14H18N2. The highest BCUT2D eigenvalue weighted by molar-refractivity contribution is 5.34. The van der Waals surface area contributed by atoms with Gasteiger partial charge in [-0.25, -0.2) is 0 Å². The van der Waals surface area contributed by atoms with E-state index in [2.05, 4.69) is 38.2 Å². The van der Waals surface area contributed by atoms with E-state index in [-0.39, 0.29) is 6.04 Å². The monoisotopic (exact) mass is 214 g/mol. The fourth-order valence-corrected chi connectivity index (χ4v) is 1.44. The van der Waals surface area contributed by atoms with Crippen molar-refractivity contribution in [3.05, 3.63) is 47.0 Å². The van der Waals surface area contributed by atoms with Gasteiger partial charge in [-0.15, -0.1) is 0 Å². The molecule has 16 heavy (non-hydrogen) atoms. The zero-order valence-corrected chi connectivity index (χ0v) is 10.1. The van der Waals surface area contributed by atoms with E-state index in [1.165, 1.54) is 5.57 Å². The summed E-state index contributed by atoms with van der Waals surface area (Å²) in [5, 5.41) is 12.2. The summed E-state index contributed by atoms with van der Waals surface area (Å²) in [6.45, 7) is 7.14. The molecular weight excluding hydrogens is 196 g/mol. The molecule has 84 valence electrons. The molecule has 0 aromatic heterocycles. The highest BCUT2D eigenvalue weighted by Gasteiger charge is 2.03. The van der Waals surface area contributed by atoms with Crippen molar-refractivity contribution in [3.63, 3.8) is 0 Å². The first-order valence-corrected chi connectivity index (χ1v) is 5.50. The average molecular weight is 214 g/mol.